The van der Waals surface area contributed by atoms with Crippen molar-refractivity contribution in [2.75, 3.05) is 18.9 Å². The summed E-state index contributed by atoms with van der Waals surface area (Å²) < 4.78 is 0.832. The van der Waals surface area contributed by atoms with Gasteiger partial charge in [-0.15, -0.1) is 11.3 Å². The molecule has 19 heavy (non-hydrogen) atoms. The van der Waals surface area contributed by atoms with Gasteiger partial charge in [0, 0.05) is 24.5 Å². The molecule has 0 amide bonds. The fourth-order valence-electron chi connectivity index (χ4n) is 1.74. The molecule has 2 rings (SSSR count). The Morgan fingerprint density at radius 3 is 2.68 bits per heavy atom. The molecule has 0 aliphatic heterocycles. The number of nitrogens with zero attached hydrogens (tertiary/aromatic N) is 3. The first-order valence-corrected chi connectivity index (χ1v) is 7.34. The maximum absolute atomic E-state index is 5.92. The van der Waals surface area contributed by atoms with Crippen molar-refractivity contribution < 1.29 is 0 Å². The predicted molar refractivity (Wildman–Crippen MR) is 80.7 cm³/mol. The maximum Gasteiger partial charge on any atom is 0.144 e. The zero-order valence-corrected chi connectivity index (χ0v) is 12.6. The molecular formula is C13H17ClN4S. The number of anilines is 1. The summed E-state index contributed by atoms with van der Waals surface area (Å²) in [5.74, 6) is 0.818. The molecule has 0 atom stereocenters. The first kappa shape index (κ1) is 14.2. The number of hydrogen-bond acceptors (Lipinski definition) is 5. The number of thiophene rings is 1. The Balaban J connectivity index is 1.89. The van der Waals surface area contributed by atoms with Crippen LogP contribution in [0.5, 0.6) is 0 Å². The van der Waals surface area contributed by atoms with Gasteiger partial charge in [-0.1, -0.05) is 11.6 Å². The first-order chi connectivity index (χ1) is 9.17. The van der Waals surface area contributed by atoms with Gasteiger partial charge in [0.2, 0.25) is 0 Å². The van der Waals surface area contributed by atoms with E-state index in [0.29, 0.717) is 0 Å². The SMILES string of the molecule is CCNc1cnc(CN(C)Cc2ccc(Cl)s2)cn1. The fraction of sp³-hybridized carbons (Fsp3) is 0.385. The molecule has 4 nitrogen and oxygen atoms in total. The lowest BCUT2D eigenvalue weighted by Gasteiger charge is -2.14. The van der Waals surface area contributed by atoms with E-state index in [4.69, 9.17) is 11.6 Å². The van der Waals surface area contributed by atoms with Crippen molar-refractivity contribution in [3.05, 3.63) is 39.4 Å². The number of aromatic nitrogens is 2. The lowest BCUT2D eigenvalue weighted by molar-refractivity contribution is 0.317. The minimum absolute atomic E-state index is 0.773. The van der Waals surface area contributed by atoms with E-state index in [1.807, 2.05) is 19.2 Å². The monoisotopic (exact) mass is 296 g/mol. The molecular weight excluding hydrogens is 280 g/mol. The number of nitrogens with one attached hydrogen (secondary N) is 1. The normalized spacial score (nSPS) is 10.9. The molecule has 2 aromatic heterocycles. The van der Waals surface area contributed by atoms with Crippen LogP contribution in [0.15, 0.2) is 24.5 Å². The van der Waals surface area contributed by atoms with Gasteiger partial charge < -0.3 is 5.32 Å². The van der Waals surface area contributed by atoms with Gasteiger partial charge in [-0.3, -0.25) is 9.88 Å². The van der Waals surface area contributed by atoms with Crippen LogP contribution in [-0.4, -0.2) is 28.5 Å². The van der Waals surface area contributed by atoms with Gasteiger partial charge in [0.05, 0.1) is 22.4 Å². The van der Waals surface area contributed by atoms with Gasteiger partial charge >= 0.3 is 0 Å². The van der Waals surface area contributed by atoms with Gasteiger partial charge in [0.25, 0.3) is 0 Å². The molecule has 0 aromatic carbocycles. The zero-order chi connectivity index (χ0) is 13.7. The first-order valence-electron chi connectivity index (χ1n) is 6.15. The smallest absolute Gasteiger partial charge is 0.144 e. The van der Waals surface area contributed by atoms with Gasteiger partial charge in [0.15, 0.2) is 0 Å². The lowest BCUT2D eigenvalue weighted by Crippen LogP contribution is -2.17. The molecule has 6 heteroatoms. The minimum Gasteiger partial charge on any atom is -0.369 e. The summed E-state index contributed by atoms with van der Waals surface area (Å²) in [6.45, 7) is 4.53. The van der Waals surface area contributed by atoms with E-state index in [1.165, 1.54) is 4.88 Å². The second kappa shape index (κ2) is 6.84. The molecule has 2 aromatic rings. The highest BCUT2D eigenvalue weighted by molar-refractivity contribution is 7.16. The van der Waals surface area contributed by atoms with Crippen LogP contribution < -0.4 is 5.32 Å². The largest absolute Gasteiger partial charge is 0.369 e. The van der Waals surface area contributed by atoms with Gasteiger partial charge in [0.1, 0.15) is 5.82 Å². The molecule has 0 aliphatic carbocycles. The van der Waals surface area contributed by atoms with Crippen LogP contribution in [0.25, 0.3) is 0 Å². The average molecular weight is 297 g/mol. The van der Waals surface area contributed by atoms with Crippen molar-refractivity contribution in [3.63, 3.8) is 0 Å². The Labute approximate surface area is 122 Å². The summed E-state index contributed by atoms with van der Waals surface area (Å²) in [6, 6.07) is 3.99. The Hall–Kier alpha value is -1.17. The third-order valence-corrected chi connectivity index (χ3v) is 3.77. The van der Waals surface area contributed by atoms with Crippen molar-refractivity contribution in [1.29, 1.82) is 0 Å². The number of halogens is 1. The summed E-state index contributed by atoms with van der Waals surface area (Å²) in [7, 11) is 2.06. The van der Waals surface area contributed by atoms with Gasteiger partial charge in [-0.2, -0.15) is 0 Å². The van der Waals surface area contributed by atoms with Gasteiger partial charge in [-0.05, 0) is 26.1 Å². The molecule has 0 unspecified atom stereocenters. The van der Waals surface area contributed by atoms with E-state index < -0.39 is 0 Å². The third-order valence-electron chi connectivity index (χ3n) is 2.55. The van der Waals surface area contributed by atoms with E-state index in [1.54, 1.807) is 17.5 Å². The Morgan fingerprint density at radius 1 is 1.26 bits per heavy atom. The van der Waals surface area contributed by atoms with Crippen LogP contribution in [0.3, 0.4) is 0 Å². The quantitative estimate of drug-likeness (QED) is 0.888. The zero-order valence-electron chi connectivity index (χ0n) is 11.1. The van der Waals surface area contributed by atoms with Crippen LogP contribution in [0.4, 0.5) is 5.82 Å². The highest BCUT2D eigenvalue weighted by Crippen LogP contribution is 2.22. The van der Waals surface area contributed by atoms with Gasteiger partial charge in [-0.25, -0.2) is 4.98 Å². The topological polar surface area (TPSA) is 41.1 Å². The number of rotatable bonds is 6. The van der Waals surface area contributed by atoms with Crippen molar-refractivity contribution in [1.82, 2.24) is 14.9 Å². The van der Waals surface area contributed by atoms with Crippen LogP contribution in [0.1, 0.15) is 17.5 Å². The summed E-state index contributed by atoms with van der Waals surface area (Å²) in [5, 5.41) is 3.13. The van der Waals surface area contributed by atoms with E-state index in [9.17, 15) is 0 Å². The molecule has 0 bridgehead atoms. The second-order valence-electron chi connectivity index (χ2n) is 4.30. The summed E-state index contributed by atoms with van der Waals surface area (Å²) in [6.07, 6.45) is 3.59. The molecule has 0 aliphatic rings. The van der Waals surface area contributed by atoms with Crippen LogP contribution in [0, 0.1) is 0 Å². The van der Waals surface area contributed by atoms with E-state index in [0.717, 1.165) is 35.5 Å². The molecule has 0 fully saturated rings. The summed E-state index contributed by atoms with van der Waals surface area (Å²) in [5.41, 5.74) is 0.965. The number of hydrogen-bond donors (Lipinski definition) is 1. The maximum atomic E-state index is 5.92. The standard InChI is InChI=1S/C13H17ClN4S/c1-3-15-13-7-16-10(6-17-13)8-18(2)9-11-4-5-12(14)19-11/h4-7H,3,8-9H2,1-2H3,(H,15,17). The van der Waals surface area contributed by atoms with E-state index in [2.05, 4.69) is 33.3 Å². The highest BCUT2D eigenvalue weighted by atomic mass is 35.5. The van der Waals surface area contributed by atoms with Crippen molar-refractivity contribution in [2.45, 2.75) is 20.0 Å². The second-order valence-corrected chi connectivity index (χ2v) is 6.10. The fourth-order valence-corrected chi connectivity index (χ4v) is 2.91. The molecule has 0 radical (unpaired) electrons. The van der Waals surface area contributed by atoms with Crippen LogP contribution in [-0.2, 0) is 13.1 Å². The lowest BCUT2D eigenvalue weighted by atomic mass is 10.3. The molecule has 0 saturated heterocycles. The van der Waals surface area contributed by atoms with E-state index in [-0.39, 0.29) is 0 Å². The van der Waals surface area contributed by atoms with Crippen LogP contribution in [0.2, 0.25) is 4.34 Å². The predicted octanol–water partition coefficient (Wildman–Crippen LogP) is 3.26. The van der Waals surface area contributed by atoms with Crippen molar-refractivity contribution >= 4 is 28.8 Å². The Bertz CT molecular complexity index is 512. The minimum atomic E-state index is 0.773. The Morgan fingerprint density at radius 2 is 2.11 bits per heavy atom. The molecule has 102 valence electrons. The Kier molecular flexibility index (Phi) is 5.13. The molecule has 2 heterocycles. The summed E-state index contributed by atoms with van der Waals surface area (Å²) >= 11 is 7.54. The molecule has 0 spiro atoms. The highest BCUT2D eigenvalue weighted by Gasteiger charge is 2.05. The van der Waals surface area contributed by atoms with Crippen LogP contribution >= 0.6 is 22.9 Å². The summed E-state index contributed by atoms with van der Waals surface area (Å²) in [4.78, 5) is 12.2. The van der Waals surface area contributed by atoms with Crippen molar-refractivity contribution in [2.24, 2.45) is 0 Å². The third kappa shape index (κ3) is 4.45. The average Bonchev–Trinajstić information content (AvgIpc) is 2.77. The molecule has 1 N–H and O–H groups in total. The van der Waals surface area contributed by atoms with E-state index >= 15 is 0 Å². The molecule has 0 saturated carbocycles. The van der Waals surface area contributed by atoms with Crippen molar-refractivity contribution in [3.8, 4) is 0 Å².